The Morgan fingerprint density at radius 1 is 0.839 bits per heavy atom. The van der Waals surface area contributed by atoms with E-state index in [9.17, 15) is 9.59 Å². The van der Waals surface area contributed by atoms with E-state index >= 15 is 0 Å². The second-order valence-corrected chi connectivity index (χ2v) is 7.41. The molecular formula is C26H24N2O3. The molecule has 1 aliphatic rings. The Morgan fingerprint density at radius 3 is 2.19 bits per heavy atom. The van der Waals surface area contributed by atoms with E-state index in [4.69, 9.17) is 4.74 Å². The van der Waals surface area contributed by atoms with E-state index in [0.717, 1.165) is 16.8 Å². The number of hydrogen-bond donors (Lipinski definition) is 1. The Labute approximate surface area is 182 Å². The molecule has 0 bridgehead atoms. The van der Waals surface area contributed by atoms with Crippen LogP contribution in [0.2, 0.25) is 0 Å². The van der Waals surface area contributed by atoms with Crippen LogP contribution < -0.4 is 15.0 Å². The van der Waals surface area contributed by atoms with E-state index in [-0.39, 0.29) is 17.5 Å². The number of nitrogens with one attached hydrogen (secondary N) is 1. The van der Waals surface area contributed by atoms with Gasteiger partial charge >= 0.3 is 0 Å². The summed E-state index contributed by atoms with van der Waals surface area (Å²) in [4.78, 5) is 28.0. The Bertz CT molecular complexity index is 1170. The monoisotopic (exact) mass is 412 g/mol. The van der Waals surface area contributed by atoms with Gasteiger partial charge in [-0.2, -0.15) is 0 Å². The van der Waals surface area contributed by atoms with Gasteiger partial charge in [0.1, 0.15) is 11.4 Å². The maximum Gasteiger partial charge on any atom is 0.282 e. The highest BCUT2D eigenvalue weighted by Gasteiger charge is 2.40. The van der Waals surface area contributed by atoms with Gasteiger partial charge in [-0.25, -0.2) is 4.90 Å². The molecule has 0 spiro atoms. The molecule has 0 aromatic heterocycles. The molecule has 0 atom stereocenters. The molecular weight excluding hydrogens is 388 g/mol. The standard InChI is InChI=1S/C26H24N2O3/c1-4-31-22-14-11-19(12-15-22)23-24(27-20-13-10-17(2)18(3)16-20)26(30)28(25(23)29)21-8-6-5-7-9-21/h5-16,27H,4H2,1-3H3. The van der Waals surface area contributed by atoms with Crippen molar-refractivity contribution in [2.45, 2.75) is 20.8 Å². The summed E-state index contributed by atoms with van der Waals surface area (Å²) in [7, 11) is 0. The fourth-order valence-corrected chi connectivity index (χ4v) is 3.57. The van der Waals surface area contributed by atoms with Gasteiger partial charge in [-0.05, 0) is 73.9 Å². The number of anilines is 2. The van der Waals surface area contributed by atoms with Crippen LogP contribution in [0.1, 0.15) is 23.6 Å². The van der Waals surface area contributed by atoms with Crippen LogP contribution in [0.3, 0.4) is 0 Å². The molecule has 31 heavy (non-hydrogen) atoms. The maximum atomic E-state index is 13.4. The summed E-state index contributed by atoms with van der Waals surface area (Å²) in [5.74, 6) is -0.0165. The highest BCUT2D eigenvalue weighted by Crippen LogP contribution is 2.34. The smallest absolute Gasteiger partial charge is 0.282 e. The quantitative estimate of drug-likeness (QED) is 0.573. The van der Waals surface area contributed by atoms with Crippen molar-refractivity contribution in [2.75, 3.05) is 16.8 Å². The van der Waals surface area contributed by atoms with Crippen LogP contribution in [0.5, 0.6) is 5.75 Å². The molecule has 0 saturated heterocycles. The zero-order valence-corrected chi connectivity index (χ0v) is 17.8. The van der Waals surface area contributed by atoms with Crippen LogP contribution in [0.15, 0.2) is 78.5 Å². The fourth-order valence-electron chi connectivity index (χ4n) is 3.57. The lowest BCUT2D eigenvalue weighted by Gasteiger charge is -2.15. The molecule has 3 aromatic rings. The first-order chi connectivity index (χ1) is 15.0. The van der Waals surface area contributed by atoms with Crippen LogP contribution in [-0.2, 0) is 9.59 Å². The zero-order chi connectivity index (χ0) is 22.0. The first kappa shape index (κ1) is 20.4. The molecule has 5 nitrogen and oxygen atoms in total. The molecule has 5 heteroatoms. The van der Waals surface area contributed by atoms with Crippen LogP contribution in [-0.4, -0.2) is 18.4 Å². The van der Waals surface area contributed by atoms with Crippen molar-refractivity contribution >= 4 is 28.8 Å². The molecule has 1 aliphatic heterocycles. The van der Waals surface area contributed by atoms with E-state index in [1.807, 2.05) is 69.3 Å². The summed E-state index contributed by atoms with van der Waals surface area (Å²) < 4.78 is 5.51. The van der Waals surface area contributed by atoms with Crippen molar-refractivity contribution in [2.24, 2.45) is 0 Å². The molecule has 1 N–H and O–H groups in total. The minimum absolute atomic E-state index is 0.265. The normalized spacial score (nSPS) is 13.7. The number of carbonyl (C=O) groups is 2. The third-order valence-corrected chi connectivity index (χ3v) is 5.33. The van der Waals surface area contributed by atoms with Crippen molar-refractivity contribution in [1.82, 2.24) is 0 Å². The fraction of sp³-hybridized carbons (Fsp3) is 0.154. The molecule has 0 saturated carbocycles. The number of ether oxygens (including phenoxy) is 1. The lowest BCUT2D eigenvalue weighted by molar-refractivity contribution is -0.120. The zero-order valence-electron chi connectivity index (χ0n) is 17.8. The summed E-state index contributed by atoms with van der Waals surface area (Å²) in [6.45, 7) is 6.52. The number of nitrogens with zero attached hydrogens (tertiary/aromatic N) is 1. The van der Waals surface area contributed by atoms with Crippen LogP contribution in [0, 0.1) is 13.8 Å². The first-order valence-corrected chi connectivity index (χ1v) is 10.2. The van der Waals surface area contributed by atoms with E-state index in [0.29, 0.717) is 29.2 Å². The van der Waals surface area contributed by atoms with Crippen molar-refractivity contribution in [3.63, 3.8) is 0 Å². The summed E-state index contributed by atoms with van der Waals surface area (Å²) in [5, 5.41) is 3.21. The van der Waals surface area contributed by atoms with Gasteiger partial charge in [0.25, 0.3) is 11.8 Å². The summed E-state index contributed by atoms with van der Waals surface area (Å²) in [6, 6.07) is 22.1. The second-order valence-electron chi connectivity index (χ2n) is 7.41. The topological polar surface area (TPSA) is 58.6 Å². The SMILES string of the molecule is CCOc1ccc(C2=C(Nc3ccc(C)c(C)c3)C(=O)N(c3ccccc3)C2=O)cc1. The maximum absolute atomic E-state index is 13.4. The molecule has 0 fully saturated rings. The predicted octanol–water partition coefficient (Wildman–Crippen LogP) is 5.10. The number of amides is 2. The molecule has 3 aromatic carbocycles. The molecule has 0 unspecified atom stereocenters. The van der Waals surface area contributed by atoms with Crippen LogP contribution in [0.4, 0.5) is 11.4 Å². The van der Waals surface area contributed by atoms with Gasteiger partial charge in [-0.3, -0.25) is 9.59 Å². The highest BCUT2D eigenvalue weighted by molar-refractivity contribution is 6.46. The predicted molar refractivity (Wildman–Crippen MR) is 123 cm³/mol. The average molecular weight is 412 g/mol. The summed E-state index contributed by atoms with van der Waals surface area (Å²) in [6.07, 6.45) is 0. The molecule has 4 rings (SSSR count). The van der Waals surface area contributed by atoms with Crippen LogP contribution >= 0.6 is 0 Å². The first-order valence-electron chi connectivity index (χ1n) is 10.2. The minimum atomic E-state index is -0.377. The minimum Gasteiger partial charge on any atom is -0.494 e. The number of benzene rings is 3. The van der Waals surface area contributed by atoms with Gasteiger partial charge in [0, 0.05) is 5.69 Å². The third kappa shape index (κ3) is 3.94. The van der Waals surface area contributed by atoms with Crippen molar-refractivity contribution < 1.29 is 14.3 Å². The Hall–Kier alpha value is -3.86. The lowest BCUT2D eigenvalue weighted by Crippen LogP contribution is -2.32. The van der Waals surface area contributed by atoms with E-state index in [1.54, 1.807) is 24.3 Å². The lowest BCUT2D eigenvalue weighted by atomic mass is 10.0. The summed E-state index contributed by atoms with van der Waals surface area (Å²) >= 11 is 0. The van der Waals surface area contributed by atoms with Gasteiger partial charge in [0.05, 0.1) is 17.9 Å². The Balaban J connectivity index is 1.79. The molecule has 1 heterocycles. The number of hydrogen-bond acceptors (Lipinski definition) is 4. The molecule has 0 radical (unpaired) electrons. The second kappa shape index (κ2) is 8.48. The molecule has 2 amide bonds. The van der Waals surface area contributed by atoms with E-state index in [2.05, 4.69) is 5.32 Å². The van der Waals surface area contributed by atoms with Crippen molar-refractivity contribution in [3.05, 3.63) is 95.2 Å². The number of carbonyl (C=O) groups excluding carboxylic acids is 2. The number of rotatable bonds is 6. The van der Waals surface area contributed by atoms with Gasteiger partial charge in [0.2, 0.25) is 0 Å². The van der Waals surface area contributed by atoms with E-state index < -0.39 is 0 Å². The van der Waals surface area contributed by atoms with Crippen LogP contribution in [0.25, 0.3) is 5.57 Å². The van der Waals surface area contributed by atoms with Gasteiger partial charge in [-0.15, -0.1) is 0 Å². The Kier molecular flexibility index (Phi) is 5.58. The van der Waals surface area contributed by atoms with Gasteiger partial charge < -0.3 is 10.1 Å². The number of imide groups is 1. The van der Waals surface area contributed by atoms with E-state index in [1.165, 1.54) is 4.90 Å². The average Bonchev–Trinajstić information content (AvgIpc) is 3.01. The number of aryl methyl sites for hydroxylation is 2. The van der Waals surface area contributed by atoms with Crippen molar-refractivity contribution in [1.29, 1.82) is 0 Å². The highest BCUT2D eigenvalue weighted by atomic mass is 16.5. The molecule has 156 valence electrons. The van der Waals surface area contributed by atoms with Gasteiger partial charge in [-0.1, -0.05) is 36.4 Å². The third-order valence-electron chi connectivity index (χ3n) is 5.33. The van der Waals surface area contributed by atoms with Crippen molar-refractivity contribution in [3.8, 4) is 5.75 Å². The molecule has 0 aliphatic carbocycles. The summed E-state index contributed by atoms with van der Waals surface area (Å²) in [5.41, 5.74) is 4.83. The Morgan fingerprint density at radius 2 is 1.55 bits per heavy atom. The van der Waals surface area contributed by atoms with Gasteiger partial charge in [0.15, 0.2) is 0 Å². The number of para-hydroxylation sites is 1. The largest absolute Gasteiger partial charge is 0.494 e.